The van der Waals surface area contributed by atoms with Gasteiger partial charge in [0.1, 0.15) is 0 Å². The van der Waals surface area contributed by atoms with Gasteiger partial charge in [0.05, 0.1) is 0 Å². The molecule has 0 aliphatic rings. The highest BCUT2D eigenvalue weighted by atomic mass is 31.1. The van der Waals surface area contributed by atoms with Gasteiger partial charge in [-0.15, -0.1) is 0 Å². The Morgan fingerprint density at radius 3 is 1.96 bits per heavy atom. The zero-order valence-corrected chi connectivity index (χ0v) is 20.8. The summed E-state index contributed by atoms with van der Waals surface area (Å²) in [4.78, 5) is 4.73. The minimum absolute atomic E-state index is 0.00170. The van der Waals surface area contributed by atoms with Crippen LogP contribution in [0.2, 0.25) is 0 Å². The number of aromatic nitrogens is 1. The summed E-state index contributed by atoms with van der Waals surface area (Å²) in [5, 5.41) is 2.41. The average molecular weight is 416 g/mol. The Hall–Kier alpha value is -0.770. The molecule has 1 nitrogen and oxygen atoms in total. The lowest BCUT2D eigenvalue weighted by Gasteiger charge is -2.42. The maximum atomic E-state index is 4.73. The fourth-order valence-electron chi connectivity index (χ4n) is 4.09. The number of nitrogens with zero attached hydrogens (tertiary/aromatic N) is 1. The zero-order chi connectivity index (χ0) is 20.8. The molecule has 28 heavy (non-hydrogen) atoms. The second-order valence-electron chi connectivity index (χ2n) is 9.69. The lowest BCUT2D eigenvalue weighted by molar-refractivity contribution is 0.701. The molecule has 1 atom stereocenters. The van der Waals surface area contributed by atoms with Gasteiger partial charge >= 0.3 is 0 Å². The molecular weight excluding hydrogens is 376 g/mol. The van der Waals surface area contributed by atoms with Crippen LogP contribution in [0.3, 0.4) is 0 Å². The number of benzene rings is 1. The van der Waals surface area contributed by atoms with Crippen LogP contribution in [0, 0.1) is 6.92 Å². The number of rotatable bonds is 8. The number of pyridine rings is 1. The molecule has 0 saturated heterocycles. The molecule has 1 aromatic heterocycles. The molecule has 154 valence electrons. The van der Waals surface area contributed by atoms with Gasteiger partial charge in [-0.3, -0.25) is 4.98 Å². The first-order chi connectivity index (χ1) is 13.1. The number of hydrogen-bond donors (Lipinski definition) is 0. The lowest BCUT2D eigenvalue weighted by atomic mass is 10.2. The van der Waals surface area contributed by atoms with Gasteiger partial charge in [0.2, 0.25) is 0 Å². The first kappa shape index (κ1) is 23.5. The van der Waals surface area contributed by atoms with Crippen molar-refractivity contribution >= 4 is 21.1 Å². The van der Waals surface area contributed by atoms with E-state index in [0.717, 1.165) is 12.1 Å². The van der Waals surface area contributed by atoms with Crippen molar-refractivity contribution in [2.24, 2.45) is 0 Å². The van der Waals surface area contributed by atoms with E-state index in [4.69, 9.17) is 4.98 Å². The van der Waals surface area contributed by atoms with Crippen molar-refractivity contribution in [3.63, 3.8) is 0 Å². The summed E-state index contributed by atoms with van der Waals surface area (Å²) in [7, 11) is -0.123. The second-order valence-corrected chi connectivity index (χ2v) is 16.2. The maximum absolute atomic E-state index is 4.73. The largest absolute Gasteiger partial charge is 0.258 e. The van der Waals surface area contributed by atoms with Crippen molar-refractivity contribution in [1.82, 2.24) is 4.98 Å². The SMILES string of the molecule is Cc1cccc(CCP(CCCP(C(C)(C)C)C(C)(C)C)c2ccccc2)n1. The molecule has 0 spiro atoms. The molecule has 0 saturated carbocycles. The van der Waals surface area contributed by atoms with E-state index in [-0.39, 0.29) is 15.8 Å². The minimum atomic E-state index is -0.121. The van der Waals surface area contributed by atoms with Gasteiger partial charge in [-0.05, 0) is 66.0 Å². The van der Waals surface area contributed by atoms with Crippen LogP contribution in [-0.4, -0.2) is 33.8 Å². The predicted molar refractivity (Wildman–Crippen MR) is 131 cm³/mol. The highest BCUT2D eigenvalue weighted by Crippen LogP contribution is 2.59. The van der Waals surface area contributed by atoms with Gasteiger partial charge in [-0.1, -0.05) is 93.8 Å². The molecule has 1 unspecified atom stereocenters. The Kier molecular flexibility index (Phi) is 8.66. The highest BCUT2D eigenvalue weighted by molar-refractivity contribution is 7.65. The quantitative estimate of drug-likeness (QED) is 0.415. The van der Waals surface area contributed by atoms with E-state index in [2.05, 4.69) is 97.0 Å². The summed E-state index contributed by atoms with van der Waals surface area (Å²) in [6.45, 7) is 16.7. The first-order valence-electron chi connectivity index (χ1n) is 10.6. The molecule has 3 heteroatoms. The summed E-state index contributed by atoms with van der Waals surface area (Å²) < 4.78 is 0. The van der Waals surface area contributed by atoms with E-state index in [1.807, 2.05) is 0 Å². The van der Waals surface area contributed by atoms with Gasteiger partial charge in [-0.25, -0.2) is 0 Å². The van der Waals surface area contributed by atoms with E-state index in [0.29, 0.717) is 10.3 Å². The molecule has 0 N–H and O–H groups in total. The number of hydrogen-bond acceptors (Lipinski definition) is 1. The molecule has 2 aromatic rings. The average Bonchev–Trinajstić information content (AvgIpc) is 2.59. The van der Waals surface area contributed by atoms with E-state index in [1.165, 1.54) is 30.6 Å². The highest BCUT2D eigenvalue weighted by Gasteiger charge is 2.33. The van der Waals surface area contributed by atoms with Crippen LogP contribution in [-0.2, 0) is 6.42 Å². The summed E-state index contributed by atoms with van der Waals surface area (Å²) >= 11 is 0. The van der Waals surface area contributed by atoms with Crippen LogP contribution in [0.25, 0.3) is 0 Å². The first-order valence-corrected chi connectivity index (χ1v) is 13.8. The van der Waals surface area contributed by atoms with E-state index < -0.39 is 0 Å². The van der Waals surface area contributed by atoms with Crippen LogP contribution >= 0.6 is 15.8 Å². The van der Waals surface area contributed by atoms with Gasteiger partial charge < -0.3 is 0 Å². The maximum Gasteiger partial charge on any atom is 0.0410 e. The molecule has 2 rings (SSSR count). The standard InChI is InChI=1S/C25H39NP2/c1-21-13-11-14-22(26-21)17-20-27(23-15-9-8-10-16-23)18-12-19-28(24(2,3)4)25(5,6)7/h8-11,13-16H,12,17-20H2,1-7H3. The summed E-state index contributed by atoms with van der Waals surface area (Å²) in [6, 6.07) is 17.6. The smallest absolute Gasteiger partial charge is 0.0410 e. The van der Waals surface area contributed by atoms with Gasteiger partial charge in [-0.2, -0.15) is 0 Å². The third kappa shape index (κ3) is 7.57. The molecule has 1 aromatic carbocycles. The zero-order valence-electron chi connectivity index (χ0n) is 19.0. The third-order valence-electron chi connectivity index (χ3n) is 5.13. The van der Waals surface area contributed by atoms with Crippen molar-refractivity contribution in [3.05, 3.63) is 59.9 Å². The van der Waals surface area contributed by atoms with Crippen molar-refractivity contribution in [2.45, 2.75) is 71.6 Å². The summed E-state index contributed by atoms with van der Waals surface area (Å²) in [5.74, 6) is 0. The van der Waals surface area contributed by atoms with Crippen molar-refractivity contribution in [1.29, 1.82) is 0 Å². The minimum Gasteiger partial charge on any atom is -0.258 e. The fraction of sp³-hybridized carbons (Fsp3) is 0.560. The van der Waals surface area contributed by atoms with Crippen LogP contribution < -0.4 is 5.30 Å². The van der Waals surface area contributed by atoms with Crippen LogP contribution in [0.4, 0.5) is 0 Å². The second kappa shape index (κ2) is 10.3. The topological polar surface area (TPSA) is 12.9 Å². The Labute approximate surface area is 176 Å². The predicted octanol–water partition coefficient (Wildman–Crippen LogP) is 7.21. The molecule has 0 aliphatic heterocycles. The van der Waals surface area contributed by atoms with E-state index in [9.17, 15) is 0 Å². The molecule has 1 heterocycles. The monoisotopic (exact) mass is 415 g/mol. The van der Waals surface area contributed by atoms with Crippen LogP contribution in [0.15, 0.2) is 48.5 Å². The van der Waals surface area contributed by atoms with Crippen molar-refractivity contribution in [2.75, 3.05) is 18.5 Å². The summed E-state index contributed by atoms with van der Waals surface area (Å²) in [6.07, 6.45) is 6.42. The summed E-state index contributed by atoms with van der Waals surface area (Å²) in [5.41, 5.74) is 2.37. The Morgan fingerprint density at radius 2 is 1.39 bits per heavy atom. The third-order valence-corrected chi connectivity index (χ3v) is 11.8. The molecule has 0 aliphatic carbocycles. The van der Waals surface area contributed by atoms with Gasteiger partial charge in [0.25, 0.3) is 0 Å². The number of aryl methyl sites for hydroxylation is 2. The van der Waals surface area contributed by atoms with Gasteiger partial charge in [0, 0.05) is 11.4 Å². The molecule has 0 radical (unpaired) electrons. The Morgan fingerprint density at radius 1 is 0.750 bits per heavy atom. The fourth-order valence-corrected chi connectivity index (χ4v) is 10.5. The normalized spacial score (nSPS) is 13.7. The Balaban J connectivity index is 2.04. The molecular formula is C25H39NP2. The molecule has 0 fully saturated rings. The van der Waals surface area contributed by atoms with E-state index in [1.54, 1.807) is 5.30 Å². The molecule has 0 amide bonds. The van der Waals surface area contributed by atoms with Crippen LogP contribution in [0.1, 0.15) is 59.4 Å². The van der Waals surface area contributed by atoms with Crippen molar-refractivity contribution in [3.8, 4) is 0 Å². The van der Waals surface area contributed by atoms with Crippen LogP contribution in [0.5, 0.6) is 0 Å². The molecule has 0 bridgehead atoms. The lowest BCUT2D eigenvalue weighted by Crippen LogP contribution is -2.26. The van der Waals surface area contributed by atoms with Gasteiger partial charge in [0.15, 0.2) is 0 Å². The van der Waals surface area contributed by atoms with Crippen molar-refractivity contribution < 1.29 is 0 Å². The Bertz CT molecular complexity index is 699. The van der Waals surface area contributed by atoms with E-state index >= 15 is 0 Å².